The van der Waals surface area contributed by atoms with E-state index >= 15 is 0 Å². The molecule has 0 heterocycles. The fraction of sp³-hybridized carbons (Fsp3) is 0.316. The number of methoxy groups -OCH3 is 1. The molecule has 2 rings (SSSR count). The lowest BCUT2D eigenvalue weighted by Crippen LogP contribution is -2.38. The number of hydrogen-bond acceptors (Lipinski definition) is 3. The van der Waals surface area contributed by atoms with Crippen LogP contribution in [0.4, 0.5) is 0 Å². The average molecular weight is 382 g/mol. The van der Waals surface area contributed by atoms with Gasteiger partial charge >= 0.3 is 0 Å². The van der Waals surface area contributed by atoms with Gasteiger partial charge in [-0.05, 0) is 35.9 Å². The lowest BCUT2D eigenvalue weighted by Gasteiger charge is -2.26. The predicted molar refractivity (Wildman–Crippen MR) is 101 cm³/mol. The maximum Gasteiger partial charge on any atom is 0.257 e. The van der Waals surface area contributed by atoms with Gasteiger partial charge in [0, 0.05) is 17.0 Å². The first-order chi connectivity index (χ1) is 11.8. The Morgan fingerprint density at radius 2 is 1.80 bits per heavy atom. The molecule has 25 heavy (non-hydrogen) atoms. The Bertz CT molecular complexity index is 730. The molecule has 0 atom stereocenters. The van der Waals surface area contributed by atoms with E-state index in [9.17, 15) is 4.79 Å². The fourth-order valence-corrected chi connectivity index (χ4v) is 2.71. The number of carbonyl (C=O) groups is 1. The van der Waals surface area contributed by atoms with Crippen molar-refractivity contribution in [2.75, 3.05) is 20.3 Å². The van der Waals surface area contributed by atoms with Crippen LogP contribution in [0.25, 0.3) is 0 Å². The molecule has 0 aromatic heterocycles. The normalized spacial score (nSPS) is 11.1. The molecule has 6 heteroatoms. The first kappa shape index (κ1) is 19.4. The Kier molecular flexibility index (Phi) is 6.57. The monoisotopic (exact) mass is 381 g/mol. The number of halogens is 2. The number of ether oxygens (including phenoxy) is 2. The van der Waals surface area contributed by atoms with Crippen LogP contribution in [-0.2, 0) is 10.2 Å². The van der Waals surface area contributed by atoms with Crippen LogP contribution in [0, 0.1) is 0 Å². The lowest BCUT2D eigenvalue weighted by atomic mass is 9.84. The summed E-state index contributed by atoms with van der Waals surface area (Å²) in [7, 11) is 1.63. The molecule has 0 aliphatic heterocycles. The summed E-state index contributed by atoms with van der Waals surface area (Å²) in [6, 6.07) is 12.7. The van der Waals surface area contributed by atoms with Crippen molar-refractivity contribution in [1.82, 2.24) is 5.32 Å². The van der Waals surface area contributed by atoms with E-state index in [0.29, 0.717) is 22.3 Å². The molecule has 0 aliphatic rings. The van der Waals surface area contributed by atoms with E-state index in [0.717, 1.165) is 11.3 Å². The van der Waals surface area contributed by atoms with Crippen LogP contribution in [0.1, 0.15) is 19.4 Å². The van der Waals surface area contributed by atoms with Crippen molar-refractivity contribution in [3.63, 3.8) is 0 Å². The molecule has 0 saturated heterocycles. The summed E-state index contributed by atoms with van der Waals surface area (Å²) in [5.41, 5.74) is 0.884. The van der Waals surface area contributed by atoms with Crippen LogP contribution < -0.4 is 14.8 Å². The smallest absolute Gasteiger partial charge is 0.257 e. The van der Waals surface area contributed by atoms with Crippen molar-refractivity contribution in [3.05, 3.63) is 58.1 Å². The summed E-state index contributed by atoms with van der Waals surface area (Å²) >= 11 is 11.8. The Morgan fingerprint density at radius 1 is 1.12 bits per heavy atom. The molecular formula is C19H21Cl2NO3. The highest BCUT2D eigenvalue weighted by Crippen LogP contribution is 2.27. The lowest BCUT2D eigenvalue weighted by molar-refractivity contribution is -0.123. The van der Waals surface area contributed by atoms with Gasteiger partial charge in [-0.15, -0.1) is 0 Å². The van der Waals surface area contributed by atoms with Crippen LogP contribution in [0.15, 0.2) is 42.5 Å². The molecule has 134 valence electrons. The van der Waals surface area contributed by atoms with Gasteiger partial charge < -0.3 is 14.8 Å². The Balaban J connectivity index is 1.87. The molecule has 2 aromatic carbocycles. The van der Waals surface area contributed by atoms with Crippen LogP contribution >= 0.6 is 23.2 Å². The third-order valence-corrected chi connectivity index (χ3v) is 4.38. The minimum atomic E-state index is -0.222. The Morgan fingerprint density at radius 3 is 2.40 bits per heavy atom. The van der Waals surface area contributed by atoms with E-state index in [-0.39, 0.29) is 17.9 Å². The quantitative estimate of drug-likeness (QED) is 0.769. The van der Waals surface area contributed by atoms with Gasteiger partial charge in [-0.3, -0.25) is 4.79 Å². The predicted octanol–water partition coefficient (Wildman–Crippen LogP) is 4.47. The zero-order valence-corrected chi connectivity index (χ0v) is 15.9. The van der Waals surface area contributed by atoms with Crippen molar-refractivity contribution in [1.29, 1.82) is 0 Å². The van der Waals surface area contributed by atoms with E-state index in [2.05, 4.69) is 19.2 Å². The van der Waals surface area contributed by atoms with Crippen molar-refractivity contribution < 1.29 is 14.3 Å². The number of amides is 1. The van der Waals surface area contributed by atoms with Crippen molar-refractivity contribution in [3.8, 4) is 11.5 Å². The van der Waals surface area contributed by atoms with E-state index < -0.39 is 0 Å². The minimum absolute atomic E-state index is 0.111. The highest BCUT2D eigenvalue weighted by Gasteiger charge is 2.21. The van der Waals surface area contributed by atoms with Gasteiger partial charge in [0.1, 0.15) is 11.5 Å². The first-order valence-corrected chi connectivity index (χ1v) is 8.56. The third-order valence-electron chi connectivity index (χ3n) is 3.85. The third kappa shape index (κ3) is 5.55. The van der Waals surface area contributed by atoms with E-state index in [4.69, 9.17) is 32.7 Å². The summed E-state index contributed by atoms with van der Waals surface area (Å²) in [6.07, 6.45) is 0. The van der Waals surface area contributed by atoms with Gasteiger partial charge in [-0.25, -0.2) is 0 Å². The van der Waals surface area contributed by atoms with E-state index in [1.54, 1.807) is 25.3 Å². The minimum Gasteiger partial charge on any atom is -0.497 e. The first-order valence-electron chi connectivity index (χ1n) is 7.81. The number of carbonyl (C=O) groups excluding carboxylic acids is 1. The molecule has 0 fully saturated rings. The topological polar surface area (TPSA) is 47.6 Å². The summed E-state index contributed by atoms with van der Waals surface area (Å²) in [4.78, 5) is 12.0. The second-order valence-electron chi connectivity index (χ2n) is 6.25. The largest absolute Gasteiger partial charge is 0.497 e. The van der Waals surface area contributed by atoms with E-state index in [1.165, 1.54) is 0 Å². The SMILES string of the molecule is COc1ccc(C(C)(C)CNC(=O)COc2ccc(Cl)cc2Cl)cc1. The van der Waals surface area contributed by atoms with Crippen LogP contribution in [0.3, 0.4) is 0 Å². The van der Waals surface area contributed by atoms with Crippen LogP contribution in [-0.4, -0.2) is 26.2 Å². The highest BCUT2D eigenvalue weighted by molar-refractivity contribution is 6.35. The molecule has 0 radical (unpaired) electrons. The maximum atomic E-state index is 12.0. The second kappa shape index (κ2) is 8.45. The fourth-order valence-electron chi connectivity index (χ4n) is 2.25. The van der Waals surface area contributed by atoms with Gasteiger partial charge in [0.05, 0.1) is 12.1 Å². The van der Waals surface area contributed by atoms with Gasteiger partial charge in [-0.1, -0.05) is 49.2 Å². The molecule has 0 spiro atoms. The molecule has 2 aromatic rings. The van der Waals surface area contributed by atoms with Crippen molar-refractivity contribution in [2.24, 2.45) is 0 Å². The van der Waals surface area contributed by atoms with Gasteiger partial charge in [0.15, 0.2) is 6.61 Å². The zero-order chi connectivity index (χ0) is 18.4. The Hall–Kier alpha value is -1.91. The number of nitrogens with one attached hydrogen (secondary N) is 1. The number of hydrogen-bond donors (Lipinski definition) is 1. The summed E-state index contributed by atoms with van der Waals surface area (Å²) in [5.74, 6) is 1.01. The Labute approximate surface area is 158 Å². The van der Waals surface area contributed by atoms with Crippen molar-refractivity contribution in [2.45, 2.75) is 19.3 Å². The standard InChI is InChI=1S/C19H21Cl2NO3/c1-19(2,13-4-7-15(24-3)8-5-13)12-22-18(23)11-25-17-9-6-14(20)10-16(17)21/h4-10H,11-12H2,1-3H3,(H,22,23). The zero-order valence-electron chi connectivity index (χ0n) is 14.4. The summed E-state index contributed by atoms with van der Waals surface area (Å²) in [6.45, 7) is 4.49. The molecule has 1 amide bonds. The maximum absolute atomic E-state index is 12.0. The molecule has 0 aliphatic carbocycles. The van der Waals surface area contributed by atoms with Crippen molar-refractivity contribution >= 4 is 29.1 Å². The van der Waals surface area contributed by atoms with E-state index in [1.807, 2.05) is 24.3 Å². The summed E-state index contributed by atoms with van der Waals surface area (Å²) in [5, 5.41) is 3.78. The van der Waals surface area contributed by atoms with Gasteiger partial charge in [0.2, 0.25) is 0 Å². The molecule has 1 N–H and O–H groups in total. The summed E-state index contributed by atoms with van der Waals surface area (Å²) < 4.78 is 10.6. The molecule has 0 unspecified atom stereocenters. The molecular weight excluding hydrogens is 361 g/mol. The second-order valence-corrected chi connectivity index (χ2v) is 7.10. The number of rotatable bonds is 7. The number of benzene rings is 2. The van der Waals surface area contributed by atoms with Gasteiger partial charge in [-0.2, -0.15) is 0 Å². The van der Waals surface area contributed by atoms with Gasteiger partial charge in [0.25, 0.3) is 5.91 Å². The average Bonchev–Trinajstić information content (AvgIpc) is 2.59. The molecule has 4 nitrogen and oxygen atoms in total. The van der Waals surface area contributed by atoms with Crippen LogP contribution in [0.5, 0.6) is 11.5 Å². The highest BCUT2D eigenvalue weighted by atomic mass is 35.5. The van der Waals surface area contributed by atoms with Crippen LogP contribution in [0.2, 0.25) is 10.0 Å². The molecule has 0 bridgehead atoms. The molecule has 0 saturated carbocycles.